The number of benzene rings is 2. The molecule has 0 aromatic heterocycles. The second-order valence-electron chi connectivity index (χ2n) is 7.54. The second-order valence-corrected chi connectivity index (χ2v) is 7.54. The van der Waals surface area contributed by atoms with Crippen LogP contribution >= 0.6 is 12.4 Å². The topological polar surface area (TPSA) is 41.6 Å². The number of aryl methyl sites for hydroxylation is 1. The minimum atomic E-state index is -0.0324. The van der Waals surface area contributed by atoms with Crippen LogP contribution in [0.5, 0.6) is 5.75 Å². The molecule has 1 unspecified atom stereocenters. The summed E-state index contributed by atoms with van der Waals surface area (Å²) in [6.45, 7) is 7.50. The molecule has 1 amide bonds. The molecule has 158 valence electrons. The molecule has 0 radical (unpaired) electrons. The zero-order valence-corrected chi connectivity index (χ0v) is 18.3. The summed E-state index contributed by atoms with van der Waals surface area (Å²) in [6, 6.07) is 16.3. The number of carbonyl (C=O) groups is 1. The zero-order chi connectivity index (χ0) is 19.8. The number of carbonyl (C=O) groups excluding carboxylic acids is 1. The van der Waals surface area contributed by atoms with E-state index in [4.69, 9.17) is 4.74 Å². The van der Waals surface area contributed by atoms with Gasteiger partial charge in [0.1, 0.15) is 5.75 Å². The Balaban J connectivity index is 0.00000300. The van der Waals surface area contributed by atoms with Crippen LogP contribution in [0.2, 0.25) is 0 Å². The van der Waals surface area contributed by atoms with Gasteiger partial charge in [-0.25, -0.2) is 0 Å². The van der Waals surface area contributed by atoms with Crippen LogP contribution in [0, 0.1) is 6.92 Å². The third-order valence-electron chi connectivity index (χ3n) is 5.43. The maximum Gasteiger partial charge on any atom is 0.251 e. The van der Waals surface area contributed by atoms with Gasteiger partial charge >= 0.3 is 0 Å². The van der Waals surface area contributed by atoms with Crippen LogP contribution in [-0.2, 0) is 0 Å². The first-order valence-electron chi connectivity index (χ1n) is 10.5. The molecule has 0 spiro atoms. The van der Waals surface area contributed by atoms with Gasteiger partial charge in [-0.1, -0.05) is 42.7 Å². The fraction of sp³-hybridized carbons (Fsp3) is 0.458. The largest absolute Gasteiger partial charge is 0.494 e. The number of nitrogens with one attached hydrogen (secondary N) is 1. The van der Waals surface area contributed by atoms with E-state index in [0.717, 1.165) is 18.8 Å². The second kappa shape index (κ2) is 11.8. The van der Waals surface area contributed by atoms with Gasteiger partial charge in [0, 0.05) is 12.1 Å². The summed E-state index contributed by atoms with van der Waals surface area (Å²) in [4.78, 5) is 15.2. The molecule has 0 aliphatic carbocycles. The van der Waals surface area contributed by atoms with Gasteiger partial charge in [-0.3, -0.25) is 9.69 Å². The van der Waals surface area contributed by atoms with Gasteiger partial charge < -0.3 is 10.1 Å². The molecule has 2 aromatic carbocycles. The predicted molar refractivity (Wildman–Crippen MR) is 121 cm³/mol. The number of hydrogen-bond acceptors (Lipinski definition) is 3. The number of likely N-dealkylation sites (tertiary alicyclic amines) is 1. The molecule has 5 heteroatoms. The van der Waals surface area contributed by atoms with Crippen LogP contribution in [-0.4, -0.2) is 37.0 Å². The van der Waals surface area contributed by atoms with E-state index in [1.807, 2.05) is 31.2 Å². The maximum absolute atomic E-state index is 12.7. The number of nitrogens with zero attached hydrogens (tertiary/aromatic N) is 1. The van der Waals surface area contributed by atoms with Crippen molar-refractivity contribution >= 4 is 18.3 Å². The van der Waals surface area contributed by atoms with Crippen LogP contribution in [0.25, 0.3) is 0 Å². The van der Waals surface area contributed by atoms with E-state index in [0.29, 0.717) is 18.7 Å². The van der Waals surface area contributed by atoms with E-state index in [2.05, 4.69) is 41.4 Å². The third kappa shape index (κ3) is 6.76. The monoisotopic (exact) mass is 416 g/mol. The van der Waals surface area contributed by atoms with E-state index in [9.17, 15) is 4.79 Å². The van der Waals surface area contributed by atoms with Crippen molar-refractivity contribution in [1.29, 1.82) is 0 Å². The van der Waals surface area contributed by atoms with E-state index in [1.54, 1.807) is 0 Å². The molecule has 1 heterocycles. The number of ether oxygens (including phenoxy) is 1. The Kier molecular flexibility index (Phi) is 9.49. The lowest BCUT2D eigenvalue weighted by molar-refractivity contribution is 0.0933. The lowest BCUT2D eigenvalue weighted by Crippen LogP contribution is -2.38. The van der Waals surface area contributed by atoms with Crippen LogP contribution in [0.1, 0.15) is 60.1 Å². The Morgan fingerprint density at radius 3 is 2.21 bits per heavy atom. The van der Waals surface area contributed by atoms with Gasteiger partial charge in [0.25, 0.3) is 5.91 Å². The molecule has 1 atom stereocenters. The highest BCUT2D eigenvalue weighted by Crippen LogP contribution is 2.24. The maximum atomic E-state index is 12.7. The Hall–Kier alpha value is -2.04. The highest BCUT2D eigenvalue weighted by Gasteiger charge is 2.22. The Labute approximate surface area is 181 Å². The van der Waals surface area contributed by atoms with E-state index >= 15 is 0 Å². The van der Waals surface area contributed by atoms with Gasteiger partial charge in [0.15, 0.2) is 0 Å². The summed E-state index contributed by atoms with van der Waals surface area (Å²) in [5.41, 5.74) is 3.21. The van der Waals surface area contributed by atoms with Gasteiger partial charge in [-0.2, -0.15) is 0 Å². The molecule has 1 aliphatic heterocycles. The number of halogens is 1. The first-order chi connectivity index (χ1) is 13.7. The summed E-state index contributed by atoms with van der Waals surface area (Å²) in [7, 11) is 0. The summed E-state index contributed by atoms with van der Waals surface area (Å²) >= 11 is 0. The molecular formula is C24H33ClN2O2. The summed E-state index contributed by atoms with van der Waals surface area (Å²) in [5.74, 6) is 0.760. The average molecular weight is 417 g/mol. The van der Waals surface area contributed by atoms with Crippen LogP contribution in [0.15, 0.2) is 48.5 Å². The molecule has 29 heavy (non-hydrogen) atoms. The first kappa shape index (κ1) is 23.2. The lowest BCUT2D eigenvalue weighted by Gasteiger charge is -2.31. The van der Waals surface area contributed by atoms with Gasteiger partial charge in [-0.05, 0) is 69.6 Å². The van der Waals surface area contributed by atoms with Crippen molar-refractivity contribution in [1.82, 2.24) is 10.2 Å². The lowest BCUT2D eigenvalue weighted by atomic mass is 10.0. The summed E-state index contributed by atoms with van der Waals surface area (Å²) in [5, 5.41) is 3.16. The molecule has 0 bridgehead atoms. The normalized spacial score (nSPS) is 15.7. The molecule has 1 saturated heterocycles. The smallest absolute Gasteiger partial charge is 0.251 e. The standard InChI is InChI=1S/C24H32N2O2.ClH/c1-3-28-22-14-12-21(13-15-22)24(27)25-18-23(20-10-8-19(2)9-11-20)26-16-6-4-5-7-17-26;/h8-15,23H,3-7,16-18H2,1-2H3,(H,25,27);1H. The quantitative estimate of drug-likeness (QED) is 0.677. The van der Waals surface area contributed by atoms with Crippen LogP contribution < -0.4 is 10.1 Å². The number of rotatable bonds is 7. The van der Waals surface area contributed by atoms with Crippen LogP contribution in [0.3, 0.4) is 0 Å². The van der Waals surface area contributed by atoms with E-state index < -0.39 is 0 Å². The fourth-order valence-corrected chi connectivity index (χ4v) is 3.81. The first-order valence-corrected chi connectivity index (χ1v) is 10.5. The molecule has 3 rings (SSSR count). The molecule has 2 aromatic rings. The summed E-state index contributed by atoms with van der Waals surface area (Å²) in [6.07, 6.45) is 5.07. The van der Waals surface area contributed by atoms with Gasteiger partial charge in [0.05, 0.1) is 12.6 Å². The Morgan fingerprint density at radius 1 is 1.00 bits per heavy atom. The highest BCUT2D eigenvalue weighted by molar-refractivity contribution is 5.94. The minimum absolute atomic E-state index is 0. The minimum Gasteiger partial charge on any atom is -0.494 e. The van der Waals surface area contributed by atoms with Gasteiger partial charge in [0.2, 0.25) is 0 Å². The van der Waals surface area contributed by atoms with Crippen LogP contribution in [0.4, 0.5) is 0 Å². The molecule has 4 nitrogen and oxygen atoms in total. The Morgan fingerprint density at radius 2 is 1.62 bits per heavy atom. The predicted octanol–water partition coefficient (Wildman–Crippen LogP) is 5.16. The van der Waals surface area contributed by atoms with Crippen molar-refractivity contribution in [2.45, 2.75) is 45.6 Å². The SMILES string of the molecule is CCOc1ccc(C(=O)NCC(c2ccc(C)cc2)N2CCCCCC2)cc1.Cl. The molecular weight excluding hydrogens is 384 g/mol. The van der Waals surface area contributed by atoms with Crippen molar-refractivity contribution in [2.24, 2.45) is 0 Å². The van der Waals surface area contributed by atoms with E-state index in [1.165, 1.54) is 36.8 Å². The Bertz CT molecular complexity index is 738. The van der Waals surface area contributed by atoms with Crippen molar-refractivity contribution in [3.05, 3.63) is 65.2 Å². The van der Waals surface area contributed by atoms with Gasteiger partial charge in [-0.15, -0.1) is 12.4 Å². The highest BCUT2D eigenvalue weighted by atomic mass is 35.5. The fourth-order valence-electron chi connectivity index (χ4n) is 3.81. The average Bonchev–Trinajstić information content (AvgIpc) is 2.99. The zero-order valence-electron chi connectivity index (χ0n) is 17.5. The molecule has 1 N–H and O–H groups in total. The number of hydrogen-bond donors (Lipinski definition) is 1. The summed E-state index contributed by atoms with van der Waals surface area (Å²) < 4.78 is 5.46. The molecule has 1 fully saturated rings. The molecule has 1 aliphatic rings. The van der Waals surface area contributed by atoms with Crippen molar-refractivity contribution in [3.63, 3.8) is 0 Å². The van der Waals surface area contributed by atoms with E-state index in [-0.39, 0.29) is 24.4 Å². The van der Waals surface area contributed by atoms with Crippen molar-refractivity contribution in [3.8, 4) is 5.75 Å². The molecule has 0 saturated carbocycles. The third-order valence-corrected chi connectivity index (χ3v) is 5.43. The number of amides is 1. The van der Waals surface area contributed by atoms with Crippen molar-refractivity contribution in [2.75, 3.05) is 26.2 Å². The van der Waals surface area contributed by atoms with Crippen molar-refractivity contribution < 1.29 is 9.53 Å².